The molecule has 0 aliphatic carbocycles. The largest absolute Gasteiger partial charge is 0.358 e. The molecule has 70 valence electrons. The first-order valence-electron chi connectivity index (χ1n) is 4.55. The maximum Gasteiger partial charge on any atom is 0.187 e. The van der Waals surface area contributed by atoms with Crippen molar-refractivity contribution in [2.24, 2.45) is 4.99 Å². The minimum Gasteiger partial charge on any atom is -0.358 e. The molecule has 0 aromatic heterocycles. The van der Waals surface area contributed by atoms with Crippen molar-refractivity contribution in [1.29, 1.82) is 0 Å². The Bertz CT molecular complexity index is 415. The van der Waals surface area contributed by atoms with E-state index >= 15 is 0 Å². The van der Waals surface area contributed by atoms with Crippen LogP contribution < -0.4 is 0 Å². The first-order valence-corrected chi connectivity index (χ1v) is 4.55. The van der Waals surface area contributed by atoms with E-state index in [0.717, 1.165) is 24.5 Å². The predicted octanol–water partition coefficient (Wildman–Crippen LogP) is 1.93. The van der Waals surface area contributed by atoms with E-state index in [0.29, 0.717) is 5.69 Å². The highest BCUT2D eigenvalue weighted by Crippen LogP contribution is 2.16. The van der Waals surface area contributed by atoms with Crippen LogP contribution >= 0.6 is 0 Å². The van der Waals surface area contributed by atoms with Gasteiger partial charge < -0.3 is 4.90 Å². The Morgan fingerprint density at radius 1 is 1.50 bits per heavy atom. The third-order valence-electron chi connectivity index (χ3n) is 2.29. The molecule has 0 saturated carbocycles. The highest BCUT2D eigenvalue weighted by molar-refractivity contribution is 6.00. The number of likely N-dealkylation sites (N-methyl/N-ethyl adjacent to an activating group) is 1. The van der Waals surface area contributed by atoms with E-state index in [1.165, 1.54) is 0 Å². The Labute approximate surface area is 83.5 Å². The van der Waals surface area contributed by atoms with Crippen LogP contribution in [-0.2, 0) is 0 Å². The molecule has 0 unspecified atom stereocenters. The molecule has 0 amide bonds. The molecule has 1 aliphatic rings. The summed E-state index contributed by atoms with van der Waals surface area (Å²) < 4.78 is 0. The lowest BCUT2D eigenvalue weighted by Crippen LogP contribution is -2.23. The highest BCUT2D eigenvalue weighted by atomic mass is 15.2. The van der Waals surface area contributed by atoms with Gasteiger partial charge in [0.1, 0.15) is 5.84 Å². The van der Waals surface area contributed by atoms with E-state index in [2.05, 4.69) is 14.7 Å². The maximum atomic E-state index is 6.93. The summed E-state index contributed by atoms with van der Waals surface area (Å²) in [5.41, 5.74) is 1.71. The van der Waals surface area contributed by atoms with Crippen LogP contribution in [-0.4, -0.2) is 30.9 Å². The molecule has 0 saturated heterocycles. The lowest BCUT2D eigenvalue weighted by atomic mass is 10.2. The molecule has 0 N–H and O–H groups in total. The zero-order chi connectivity index (χ0) is 9.97. The van der Waals surface area contributed by atoms with Crippen LogP contribution in [0.4, 0.5) is 5.69 Å². The molecule has 0 fully saturated rings. The van der Waals surface area contributed by atoms with Gasteiger partial charge in [0, 0.05) is 19.2 Å². The van der Waals surface area contributed by atoms with E-state index in [4.69, 9.17) is 6.57 Å². The lowest BCUT2D eigenvalue weighted by Gasteiger charge is -2.13. The van der Waals surface area contributed by atoms with Crippen LogP contribution in [0.5, 0.6) is 0 Å². The zero-order valence-electron chi connectivity index (χ0n) is 8.07. The molecule has 1 aromatic rings. The zero-order valence-corrected chi connectivity index (χ0v) is 8.07. The van der Waals surface area contributed by atoms with Gasteiger partial charge in [0.2, 0.25) is 0 Å². The molecule has 3 nitrogen and oxygen atoms in total. The Morgan fingerprint density at radius 2 is 2.36 bits per heavy atom. The summed E-state index contributed by atoms with van der Waals surface area (Å²) in [6, 6.07) is 7.59. The Balaban J connectivity index is 2.38. The van der Waals surface area contributed by atoms with Gasteiger partial charge in [-0.05, 0) is 6.07 Å². The van der Waals surface area contributed by atoms with E-state index in [-0.39, 0.29) is 0 Å². The van der Waals surface area contributed by atoms with Crippen LogP contribution in [0.15, 0.2) is 29.3 Å². The second-order valence-electron chi connectivity index (χ2n) is 3.29. The lowest BCUT2D eigenvalue weighted by molar-refractivity contribution is 0.557. The van der Waals surface area contributed by atoms with E-state index < -0.39 is 0 Å². The summed E-state index contributed by atoms with van der Waals surface area (Å²) in [5, 5.41) is 0. The Hall–Kier alpha value is -1.82. The van der Waals surface area contributed by atoms with Crippen molar-refractivity contribution in [3.8, 4) is 0 Å². The van der Waals surface area contributed by atoms with Crippen molar-refractivity contribution < 1.29 is 0 Å². The quantitative estimate of drug-likeness (QED) is 0.612. The molecule has 1 heterocycles. The van der Waals surface area contributed by atoms with Gasteiger partial charge in [0.25, 0.3) is 0 Å². The summed E-state index contributed by atoms with van der Waals surface area (Å²) in [4.78, 5) is 9.92. The summed E-state index contributed by atoms with van der Waals surface area (Å²) in [5.74, 6) is 0.996. The summed E-state index contributed by atoms with van der Waals surface area (Å²) in [6.45, 7) is 8.76. The number of hydrogen-bond acceptors (Lipinski definition) is 2. The maximum absolute atomic E-state index is 6.93. The highest BCUT2D eigenvalue weighted by Gasteiger charge is 2.13. The Kier molecular flexibility index (Phi) is 2.19. The van der Waals surface area contributed by atoms with Gasteiger partial charge in [-0.25, -0.2) is 4.85 Å². The third kappa shape index (κ3) is 1.47. The molecule has 0 atom stereocenters. The van der Waals surface area contributed by atoms with Crippen molar-refractivity contribution in [1.82, 2.24) is 4.90 Å². The molecule has 1 aliphatic heterocycles. The summed E-state index contributed by atoms with van der Waals surface area (Å²) in [6.07, 6.45) is 0. The number of rotatable bonds is 1. The summed E-state index contributed by atoms with van der Waals surface area (Å²) in [7, 11) is 2.02. The molecule has 0 radical (unpaired) electrons. The van der Waals surface area contributed by atoms with Crippen molar-refractivity contribution in [2.45, 2.75) is 0 Å². The van der Waals surface area contributed by atoms with E-state index in [1.807, 2.05) is 31.3 Å². The fourth-order valence-electron chi connectivity index (χ4n) is 1.56. The SMILES string of the molecule is [C-]#[N+]c1cccc(C2=NCCN2C)c1. The number of aliphatic imine (C=N–C) groups is 1. The monoisotopic (exact) mass is 185 g/mol. The second kappa shape index (κ2) is 3.51. The average molecular weight is 185 g/mol. The molecule has 2 rings (SSSR count). The van der Waals surface area contributed by atoms with Crippen LogP contribution in [0.3, 0.4) is 0 Å². The van der Waals surface area contributed by atoms with Crippen LogP contribution in [0.1, 0.15) is 5.56 Å². The van der Waals surface area contributed by atoms with Gasteiger partial charge in [0.05, 0.1) is 13.1 Å². The Morgan fingerprint density at radius 3 is 3.00 bits per heavy atom. The number of amidine groups is 1. The number of hydrogen-bond donors (Lipinski definition) is 0. The van der Waals surface area contributed by atoms with Crippen molar-refractivity contribution in [3.63, 3.8) is 0 Å². The number of nitrogens with zero attached hydrogens (tertiary/aromatic N) is 3. The molecular formula is C11H11N3. The minimum atomic E-state index is 0.672. The van der Waals surface area contributed by atoms with E-state index in [1.54, 1.807) is 0 Å². The molecule has 1 aromatic carbocycles. The third-order valence-corrected chi connectivity index (χ3v) is 2.29. The van der Waals surface area contributed by atoms with Gasteiger partial charge in [-0.1, -0.05) is 18.2 Å². The van der Waals surface area contributed by atoms with Gasteiger partial charge in [-0.15, -0.1) is 0 Å². The first kappa shape index (κ1) is 8.76. The number of benzene rings is 1. The van der Waals surface area contributed by atoms with Crippen LogP contribution in [0, 0.1) is 6.57 Å². The van der Waals surface area contributed by atoms with Gasteiger partial charge >= 0.3 is 0 Å². The first-order chi connectivity index (χ1) is 6.81. The van der Waals surface area contributed by atoms with Crippen LogP contribution in [0.25, 0.3) is 4.85 Å². The summed E-state index contributed by atoms with van der Waals surface area (Å²) >= 11 is 0. The fourth-order valence-corrected chi connectivity index (χ4v) is 1.56. The standard InChI is InChI=1S/C11H11N3/c1-12-10-5-3-4-9(8-10)11-13-6-7-14(11)2/h3-5,8H,6-7H2,2H3. The predicted molar refractivity (Wildman–Crippen MR) is 56.7 cm³/mol. The van der Waals surface area contributed by atoms with Gasteiger partial charge in [-0.2, -0.15) is 0 Å². The molecule has 14 heavy (non-hydrogen) atoms. The van der Waals surface area contributed by atoms with Crippen molar-refractivity contribution in [3.05, 3.63) is 41.2 Å². The molecule has 0 bridgehead atoms. The van der Waals surface area contributed by atoms with Crippen molar-refractivity contribution >= 4 is 11.5 Å². The topological polar surface area (TPSA) is 20.0 Å². The van der Waals surface area contributed by atoms with Gasteiger partial charge in [0.15, 0.2) is 5.69 Å². The smallest absolute Gasteiger partial charge is 0.187 e. The molecular weight excluding hydrogens is 174 g/mol. The van der Waals surface area contributed by atoms with Crippen molar-refractivity contribution in [2.75, 3.05) is 20.1 Å². The van der Waals surface area contributed by atoms with E-state index in [9.17, 15) is 0 Å². The molecule has 3 heteroatoms. The normalized spacial score (nSPS) is 15.1. The average Bonchev–Trinajstić information content (AvgIpc) is 2.65. The fraction of sp³-hybridized carbons (Fsp3) is 0.273. The second-order valence-corrected chi connectivity index (χ2v) is 3.29. The van der Waals surface area contributed by atoms with Crippen LogP contribution in [0.2, 0.25) is 0 Å². The minimum absolute atomic E-state index is 0.672. The van der Waals surface area contributed by atoms with Gasteiger partial charge in [-0.3, -0.25) is 4.99 Å². The molecule has 0 spiro atoms.